The van der Waals surface area contributed by atoms with E-state index in [0.29, 0.717) is 16.7 Å². The van der Waals surface area contributed by atoms with Gasteiger partial charge in [0.1, 0.15) is 0 Å². The van der Waals surface area contributed by atoms with Crippen LogP contribution in [-0.4, -0.2) is 35.2 Å². The minimum absolute atomic E-state index is 0.263. The Kier molecular flexibility index (Phi) is 5.28. The van der Waals surface area contributed by atoms with Crippen molar-refractivity contribution in [3.05, 3.63) is 93.9 Å². The van der Waals surface area contributed by atoms with Gasteiger partial charge in [-0.3, -0.25) is 18.9 Å². The molecule has 5 aromatic rings. The molecule has 5 rings (SSSR count). The fourth-order valence-corrected chi connectivity index (χ4v) is 4.83. The van der Waals surface area contributed by atoms with Gasteiger partial charge < -0.3 is 10.1 Å². The normalized spacial score (nSPS) is 13.4. The number of hydrogen-bond donors (Lipinski definition) is 2. The van der Waals surface area contributed by atoms with Gasteiger partial charge in [0.2, 0.25) is 0 Å². The third-order valence-corrected chi connectivity index (χ3v) is 6.42. The number of rotatable bonds is 6. The van der Waals surface area contributed by atoms with Gasteiger partial charge >= 0.3 is 11.7 Å². The van der Waals surface area contributed by atoms with Crippen molar-refractivity contribution in [1.82, 2.24) is 24.1 Å². The van der Waals surface area contributed by atoms with E-state index in [0.717, 1.165) is 27.7 Å². The molecule has 2 atom stereocenters. The molecule has 0 radical (unpaired) electrons. The van der Waals surface area contributed by atoms with Crippen molar-refractivity contribution in [1.29, 1.82) is 0 Å². The zero-order chi connectivity index (χ0) is 24.0. The number of fused-ring (bicyclic) bond motifs is 2. The summed E-state index contributed by atoms with van der Waals surface area (Å²) >= 11 is 0. The first-order valence-electron chi connectivity index (χ1n) is 11.1. The summed E-state index contributed by atoms with van der Waals surface area (Å²) in [5.41, 5.74) is 5.31. The number of carboxylic acids is 1. The van der Waals surface area contributed by atoms with Crippen molar-refractivity contribution in [3.63, 3.8) is 0 Å². The molecule has 1 aromatic carbocycles. The molecule has 0 saturated heterocycles. The van der Waals surface area contributed by atoms with Crippen LogP contribution in [0.5, 0.6) is 0 Å². The number of carboxylic acid groups (broad SMARTS) is 1. The Morgan fingerprint density at radius 2 is 1.94 bits per heavy atom. The number of pyridine rings is 2. The SMILES string of the molecule is Cc1ccc2c(n1)n(C(CC(=O)O)c1cccnc1)c(=O)n2C(C)c1c[nH]c2cccc(C)c12. The topological polar surface area (TPSA) is 106 Å². The second-order valence-corrected chi connectivity index (χ2v) is 8.64. The number of aromatic amines is 1. The van der Waals surface area contributed by atoms with Gasteiger partial charge in [-0.2, -0.15) is 0 Å². The molecule has 172 valence electrons. The van der Waals surface area contributed by atoms with Crippen LogP contribution in [0.15, 0.2) is 65.8 Å². The predicted octanol–water partition coefficient (Wildman–Crippen LogP) is 4.36. The molecule has 2 N–H and O–H groups in total. The molecule has 0 aliphatic rings. The molecule has 2 unspecified atom stereocenters. The maximum Gasteiger partial charge on any atom is 0.331 e. The number of H-pyrrole nitrogens is 1. The number of aromatic nitrogens is 5. The highest BCUT2D eigenvalue weighted by molar-refractivity contribution is 5.87. The zero-order valence-electron chi connectivity index (χ0n) is 19.2. The van der Waals surface area contributed by atoms with Gasteiger partial charge in [0, 0.05) is 40.8 Å². The van der Waals surface area contributed by atoms with Crippen molar-refractivity contribution < 1.29 is 9.90 Å². The van der Waals surface area contributed by atoms with Gasteiger partial charge in [0.25, 0.3) is 0 Å². The zero-order valence-corrected chi connectivity index (χ0v) is 19.2. The molecular formula is C26H25N5O3. The van der Waals surface area contributed by atoms with Gasteiger partial charge in [0.05, 0.1) is 24.0 Å². The average molecular weight is 456 g/mol. The monoisotopic (exact) mass is 455 g/mol. The van der Waals surface area contributed by atoms with Gasteiger partial charge in [-0.25, -0.2) is 9.78 Å². The number of carbonyl (C=O) groups is 1. The van der Waals surface area contributed by atoms with E-state index in [9.17, 15) is 14.7 Å². The van der Waals surface area contributed by atoms with Crippen molar-refractivity contribution in [2.75, 3.05) is 0 Å². The van der Waals surface area contributed by atoms with Crippen molar-refractivity contribution in [2.45, 2.75) is 39.3 Å². The first-order valence-corrected chi connectivity index (χ1v) is 11.1. The van der Waals surface area contributed by atoms with Gasteiger partial charge in [-0.1, -0.05) is 18.2 Å². The highest BCUT2D eigenvalue weighted by Crippen LogP contribution is 2.32. The van der Waals surface area contributed by atoms with Gasteiger partial charge in [-0.05, 0) is 56.2 Å². The molecule has 0 bridgehead atoms. The van der Waals surface area contributed by atoms with E-state index in [-0.39, 0.29) is 18.2 Å². The minimum Gasteiger partial charge on any atom is -0.481 e. The summed E-state index contributed by atoms with van der Waals surface area (Å²) in [6, 6.07) is 12.3. The molecule has 34 heavy (non-hydrogen) atoms. The summed E-state index contributed by atoms with van der Waals surface area (Å²) in [4.78, 5) is 38.0. The van der Waals surface area contributed by atoms with E-state index in [4.69, 9.17) is 0 Å². The van der Waals surface area contributed by atoms with Crippen molar-refractivity contribution in [2.24, 2.45) is 0 Å². The molecule has 8 heteroatoms. The van der Waals surface area contributed by atoms with Crippen LogP contribution in [0.1, 0.15) is 47.8 Å². The van der Waals surface area contributed by atoms with Gasteiger partial charge in [-0.15, -0.1) is 0 Å². The molecule has 0 amide bonds. The van der Waals surface area contributed by atoms with Crippen LogP contribution in [0.3, 0.4) is 0 Å². The Balaban J connectivity index is 1.78. The van der Waals surface area contributed by atoms with E-state index in [1.165, 1.54) is 4.57 Å². The standard InChI is InChI=1S/C26H25N5O3/c1-15-6-4-8-20-24(15)19(14-28-20)17(3)30-21-10-9-16(2)29-25(21)31(26(30)34)22(12-23(32)33)18-7-5-11-27-13-18/h4-11,13-14,17,22,28H,12H2,1-3H3,(H,32,33). The van der Waals surface area contributed by atoms with Crippen LogP contribution in [0.4, 0.5) is 0 Å². The summed E-state index contributed by atoms with van der Waals surface area (Å²) in [6.45, 7) is 5.89. The highest BCUT2D eigenvalue weighted by Gasteiger charge is 2.28. The number of aryl methyl sites for hydroxylation is 2. The van der Waals surface area contributed by atoms with E-state index < -0.39 is 12.0 Å². The molecule has 4 aromatic heterocycles. The van der Waals surface area contributed by atoms with Crippen molar-refractivity contribution >= 4 is 28.0 Å². The lowest BCUT2D eigenvalue weighted by atomic mass is 10.0. The first-order chi connectivity index (χ1) is 16.4. The summed E-state index contributed by atoms with van der Waals surface area (Å²) in [6.07, 6.45) is 4.90. The highest BCUT2D eigenvalue weighted by atomic mass is 16.4. The summed E-state index contributed by atoms with van der Waals surface area (Å²) in [7, 11) is 0. The lowest BCUT2D eigenvalue weighted by Crippen LogP contribution is -2.31. The maximum absolute atomic E-state index is 14.0. The third-order valence-electron chi connectivity index (χ3n) is 6.42. The molecule has 0 fully saturated rings. The van der Waals surface area contributed by atoms with Crippen LogP contribution >= 0.6 is 0 Å². The van der Waals surface area contributed by atoms with E-state index in [1.54, 1.807) is 29.1 Å². The molecular weight excluding hydrogens is 430 g/mol. The number of aliphatic carboxylic acids is 1. The molecule has 0 aliphatic heterocycles. The van der Waals surface area contributed by atoms with Crippen molar-refractivity contribution in [3.8, 4) is 0 Å². The molecule has 0 spiro atoms. The second-order valence-electron chi connectivity index (χ2n) is 8.64. The number of nitrogens with zero attached hydrogens (tertiary/aromatic N) is 4. The van der Waals surface area contributed by atoms with Gasteiger partial charge in [0.15, 0.2) is 5.65 Å². The Morgan fingerprint density at radius 1 is 1.12 bits per heavy atom. The first kappa shape index (κ1) is 21.6. The number of imidazole rings is 1. The predicted molar refractivity (Wildman–Crippen MR) is 130 cm³/mol. The second kappa shape index (κ2) is 8.30. The van der Waals surface area contributed by atoms with E-state index in [2.05, 4.69) is 27.9 Å². The molecule has 8 nitrogen and oxygen atoms in total. The summed E-state index contributed by atoms with van der Waals surface area (Å²) in [5, 5.41) is 10.8. The number of hydrogen-bond acceptors (Lipinski definition) is 4. The molecule has 4 heterocycles. The summed E-state index contributed by atoms with van der Waals surface area (Å²) in [5.74, 6) is -1.00. The largest absolute Gasteiger partial charge is 0.481 e. The average Bonchev–Trinajstić information content (AvgIpc) is 3.37. The quantitative estimate of drug-likeness (QED) is 0.396. The lowest BCUT2D eigenvalue weighted by Gasteiger charge is -2.17. The molecule has 0 saturated carbocycles. The van der Waals surface area contributed by atoms with E-state index in [1.807, 2.05) is 44.3 Å². The minimum atomic E-state index is -1.00. The Hall–Kier alpha value is -4.20. The number of benzene rings is 1. The van der Waals surface area contributed by atoms with Crippen LogP contribution in [-0.2, 0) is 4.79 Å². The van der Waals surface area contributed by atoms with Crippen LogP contribution < -0.4 is 5.69 Å². The van der Waals surface area contributed by atoms with Crippen LogP contribution in [0.2, 0.25) is 0 Å². The Morgan fingerprint density at radius 3 is 2.68 bits per heavy atom. The van der Waals surface area contributed by atoms with Crippen LogP contribution in [0, 0.1) is 13.8 Å². The van der Waals surface area contributed by atoms with Crippen LogP contribution in [0.25, 0.3) is 22.1 Å². The Bertz CT molecular complexity index is 1580. The Labute approximate surface area is 195 Å². The lowest BCUT2D eigenvalue weighted by molar-refractivity contribution is -0.137. The van der Waals surface area contributed by atoms with E-state index >= 15 is 0 Å². The summed E-state index contributed by atoms with van der Waals surface area (Å²) < 4.78 is 3.22. The number of nitrogens with one attached hydrogen (secondary N) is 1. The third kappa shape index (κ3) is 3.48. The smallest absolute Gasteiger partial charge is 0.331 e. The molecule has 0 aliphatic carbocycles. The maximum atomic E-state index is 14.0. The fourth-order valence-electron chi connectivity index (χ4n) is 4.83. The fraction of sp³-hybridized carbons (Fsp3) is 0.231.